The van der Waals surface area contributed by atoms with E-state index in [1.165, 1.54) is 0 Å². The van der Waals surface area contributed by atoms with Gasteiger partial charge in [-0.1, -0.05) is 30.7 Å². The third-order valence-electron chi connectivity index (χ3n) is 3.72. The second-order valence-corrected chi connectivity index (χ2v) is 5.96. The average molecular weight is 307 g/mol. The minimum Gasteiger partial charge on any atom is -0.462 e. The monoisotopic (exact) mass is 307 g/mol. The molecule has 1 rings (SSSR count). The van der Waals surface area contributed by atoms with Crippen molar-refractivity contribution in [2.45, 2.75) is 52.6 Å². The second-order valence-electron chi connectivity index (χ2n) is 5.96. The van der Waals surface area contributed by atoms with E-state index in [9.17, 15) is 14.4 Å². The highest BCUT2D eigenvalue weighted by Gasteiger charge is 2.31. The molecule has 0 spiro atoms. The van der Waals surface area contributed by atoms with Crippen LogP contribution in [0.1, 0.15) is 46.5 Å². The first-order valence-electron chi connectivity index (χ1n) is 7.63. The zero-order valence-corrected chi connectivity index (χ0v) is 13.5. The van der Waals surface area contributed by atoms with Gasteiger partial charge in [0.2, 0.25) is 5.91 Å². The molecule has 5 nitrogen and oxygen atoms in total. The van der Waals surface area contributed by atoms with Crippen LogP contribution in [0.4, 0.5) is 0 Å². The van der Waals surface area contributed by atoms with Crippen LogP contribution in [0.5, 0.6) is 0 Å². The summed E-state index contributed by atoms with van der Waals surface area (Å²) in [5, 5.41) is 0. The summed E-state index contributed by atoms with van der Waals surface area (Å²) < 4.78 is 5.22. The molecule has 0 bridgehead atoms. The van der Waals surface area contributed by atoms with Crippen LogP contribution < -0.4 is 5.73 Å². The molecule has 0 radical (unpaired) electrons. The summed E-state index contributed by atoms with van der Waals surface area (Å²) >= 11 is 0. The normalized spacial score (nSPS) is 24.1. The number of ether oxygens (including phenoxy) is 1. The summed E-state index contributed by atoms with van der Waals surface area (Å²) in [5.41, 5.74) is 6.20. The molecular formula is C17H25NO4. The number of rotatable bonds is 7. The van der Waals surface area contributed by atoms with Gasteiger partial charge in [0, 0.05) is 25.2 Å². The van der Waals surface area contributed by atoms with Gasteiger partial charge >= 0.3 is 5.97 Å². The summed E-state index contributed by atoms with van der Waals surface area (Å²) in [5.74, 6) is -1.10. The fraction of sp³-hybridized carbons (Fsp3) is 0.588. The topological polar surface area (TPSA) is 86.5 Å². The molecule has 0 aliphatic carbocycles. The number of hydrogen-bond donors (Lipinski definition) is 1. The lowest BCUT2D eigenvalue weighted by Gasteiger charge is -2.28. The maximum absolute atomic E-state index is 12.2. The van der Waals surface area contributed by atoms with Crippen LogP contribution in [0.3, 0.4) is 0 Å². The first-order valence-corrected chi connectivity index (χ1v) is 7.63. The smallest absolute Gasteiger partial charge is 0.306 e. The molecule has 0 aromatic carbocycles. The fourth-order valence-electron chi connectivity index (χ4n) is 2.75. The summed E-state index contributed by atoms with van der Waals surface area (Å²) in [6.45, 7) is 5.69. The van der Waals surface area contributed by atoms with Crippen LogP contribution in [-0.4, -0.2) is 23.8 Å². The van der Waals surface area contributed by atoms with E-state index in [1.54, 1.807) is 0 Å². The number of esters is 1. The van der Waals surface area contributed by atoms with E-state index in [1.807, 2.05) is 39.0 Å². The van der Waals surface area contributed by atoms with Gasteiger partial charge in [0.15, 0.2) is 0 Å². The van der Waals surface area contributed by atoms with Gasteiger partial charge in [-0.15, -0.1) is 0 Å². The Labute approximate surface area is 131 Å². The number of carbonyl (C=O) groups is 3. The number of carbonyl (C=O) groups excluding carboxylic acids is 3. The van der Waals surface area contributed by atoms with E-state index in [2.05, 4.69) is 0 Å². The Hall–Kier alpha value is -1.91. The number of primary amides is 1. The van der Waals surface area contributed by atoms with E-state index < -0.39 is 12.0 Å². The minimum atomic E-state index is -0.448. The van der Waals surface area contributed by atoms with Gasteiger partial charge in [0.05, 0.1) is 0 Å². The Balaban J connectivity index is 2.60. The molecule has 122 valence electrons. The predicted molar refractivity (Wildman–Crippen MR) is 83.8 cm³/mol. The first kappa shape index (κ1) is 18.1. The van der Waals surface area contributed by atoms with Crippen molar-refractivity contribution in [1.82, 2.24) is 0 Å². The first-order chi connectivity index (χ1) is 10.3. The number of Topliss-reactive ketones (excluding diaryl/α,β-unsaturated/α-hetero) is 1. The molecule has 3 atom stereocenters. The lowest BCUT2D eigenvalue weighted by Crippen LogP contribution is -2.34. The molecule has 1 unspecified atom stereocenters. The van der Waals surface area contributed by atoms with Crippen LogP contribution in [0, 0.1) is 11.8 Å². The van der Waals surface area contributed by atoms with E-state index in [4.69, 9.17) is 10.5 Å². The highest BCUT2D eigenvalue weighted by molar-refractivity contribution is 5.83. The van der Waals surface area contributed by atoms with Gasteiger partial charge in [0.25, 0.3) is 0 Å². The number of amides is 1. The Bertz CT molecular complexity index is 491. The van der Waals surface area contributed by atoms with Crippen molar-refractivity contribution < 1.29 is 19.1 Å². The zero-order chi connectivity index (χ0) is 16.7. The lowest BCUT2D eigenvalue weighted by atomic mass is 9.88. The van der Waals surface area contributed by atoms with E-state index in [-0.39, 0.29) is 42.9 Å². The average Bonchev–Trinajstić information content (AvgIpc) is 2.36. The van der Waals surface area contributed by atoms with Crippen molar-refractivity contribution >= 4 is 17.7 Å². The van der Waals surface area contributed by atoms with E-state index in [0.717, 1.165) is 5.57 Å². The molecule has 0 aromatic rings. The highest BCUT2D eigenvalue weighted by atomic mass is 16.5. The standard InChI is InChI=1S/C17H25NO4/c1-4-5-11(2)6-12(3)15(19)10-14-7-13(8-16(18)20)9-17(21)22-14/h4-6,12-14H,7-10H2,1-3H3,(H2,18,20)/b5-4-,11-6+/t12-,13?,14+/m0/s1. The molecule has 0 saturated carbocycles. The van der Waals surface area contributed by atoms with Crippen molar-refractivity contribution in [1.29, 1.82) is 0 Å². The number of hydrogen-bond acceptors (Lipinski definition) is 4. The molecule has 1 aliphatic heterocycles. The van der Waals surface area contributed by atoms with E-state index >= 15 is 0 Å². The molecule has 22 heavy (non-hydrogen) atoms. The van der Waals surface area contributed by atoms with Gasteiger partial charge in [-0.3, -0.25) is 14.4 Å². The van der Waals surface area contributed by atoms with Crippen LogP contribution in [-0.2, 0) is 19.1 Å². The lowest BCUT2D eigenvalue weighted by molar-refractivity contribution is -0.158. The summed E-state index contributed by atoms with van der Waals surface area (Å²) in [4.78, 5) is 34.8. The fourth-order valence-corrected chi connectivity index (χ4v) is 2.75. The zero-order valence-electron chi connectivity index (χ0n) is 13.5. The number of ketones is 1. The highest BCUT2D eigenvalue weighted by Crippen LogP contribution is 2.26. The quantitative estimate of drug-likeness (QED) is 0.577. The number of cyclic esters (lactones) is 1. The molecule has 1 heterocycles. The van der Waals surface area contributed by atoms with Crippen LogP contribution in [0.2, 0.25) is 0 Å². The third kappa shape index (κ3) is 6.24. The molecule has 1 saturated heterocycles. The van der Waals surface area contributed by atoms with Crippen LogP contribution in [0.15, 0.2) is 23.8 Å². The number of nitrogens with two attached hydrogens (primary N) is 1. The molecule has 5 heteroatoms. The minimum absolute atomic E-state index is 0.0291. The second kappa shape index (κ2) is 8.51. The summed E-state index contributed by atoms with van der Waals surface area (Å²) in [7, 11) is 0. The van der Waals surface area contributed by atoms with Gasteiger partial charge in [0.1, 0.15) is 11.9 Å². The van der Waals surface area contributed by atoms with Crippen LogP contribution >= 0.6 is 0 Å². The largest absolute Gasteiger partial charge is 0.462 e. The van der Waals surface area contributed by atoms with Crippen molar-refractivity contribution in [2.75, 3.05) is 0 Å². The molecule has 1 fully saturated rings. The Kier molecular flexibility index (Phi) is 7.02. The summed E-state index contributed by atoms with van der Waals surface area (Å²) in [6.07, 6.45) is 6.36. The van der Waals surface area contributed by atoms with Crippen LogP contribution in [0.25, 0.3) is 0 Å². The predicted octanol–water partition coefficient (Wildman–Crippen LogP) is 2.30. The third-order valence-corrected chi connectivity index (χ3v) is 3.72. The van der Waals surface area contributed by atoms with Crippen molar-refractivity contribution in [3.05, 3.63) is 23.8 Å². The molecule has 1 amide bonds. The van der Waals surface area contributed by atoms with Crippen molar-refractivity contribution in [3.8, 4) is 0 Å². The van der Waals surface area contributed by atoms with Crippen molar-refractivity contribution in [2.24, 2.45) is 17.6 Å². The Morgan fingerprint density at radius 1 is 1.41 bits per heavy atom. The van der Waals surface area contributed by atoms with Gasteiger partial charge in [-0.2, -0.15) is 0 Å². The SMILES string of the molecule is C/C=C\C(C)=C\[C@H](C)C(=O)C[C@H]1CC(CC(N)=O)CC(=O)O1. The summed E-state index contributed by atoms with van der Waals surface area (Å²) in [6, 6.07) is 0. The van der Waals surface area contributed by atoms with Gasteiger partial charge < -0.3 is 10.5 Å². The molecule has 0 aromatic heterocycles. The Morgan fingerprint density at radius 2 is 2.09 bits per heavy atom. The maximum atomic E-state index is 12.2. The number of allylic oxidation sites excluding steroid dienone is 4. The molecule has 2 N–H and O–H groups in total. The molecule has 1 aliphatic rings. The molecular weight excluding hydrogens is 282 g/mol. The van der Waals surface area contributed by atoms with Gasteiger partial charge in [-0.25, -0.2) is 0 Å². The maximum Gasteiger partial charge on any atom is 0.306 e. The Morgan fingerprint density at radius 3 is 2.68 bits per heavy atom. The van der Waals surface area contributed by atoms with Gasteiger partial charge in [-0.05, 0) is 26.2 Å². The van der Waals surface area contributed by atoms with E-state index in [0.29, 0.717) is 6.42 Å². The van der Waals surface area contributed by atoms with Crippen molar-refractivity contribution in [3.63, 3.8) is 0 Å².